The standard InChI is InChI=1S/C23H34N4O7S/c1-13(2)10-17(21(31)25-16(23(33)34)8-9-19(28)29)26-22(32)18(12-35)27-20(30)15(24)11-14-6-4-3-5-7-14/h3-7,13,15-18,35H,8-12,24H2,1-2H3,(H,25,31)(H,26,32)(H,27,30)(H,28,29)(H,33,34). The number of aliphatic carboxylic acids is 2. The van der Waals surface area contributed by atoms with E-state index >= 15 is 0 Å². The predicted molar refractivity (Wildman–Crippen MR) is 132 cm³/mol. The second-order valence-electron chi connectivity index (χ2n) is 8.56. The molecule has 4 atom stereocenters. The summed E-state index contributed by atoms with van der Waals surface area (Å²) in [4.78, 5) is 60.3. The largest absolute Gasteiger partial charge is 0.481 e. The van der Waals surface area contributed by atoms with E-state index in [4.69, 9.17) is 10.8 Å². The molecule has 0 aliphatic carbocycles. The van der Waals surface area contributed by atoms with E-state index in [0.717, 1.165) is 5.56 Å². The van der Waals surface area contributed by atoms with Crippen LogP contribution in [-0.2, 0) is 30.4 Å². The highest BCUT2D eigenvalue weighted by atomic mass is 32.1. The minimum absolute atomic E-state index is 0.0447. The number of nitrogens with two attached hydrogens (primary N) is 1. The zero-order valence-electron chi connectivity index (χ0n) is 19.8. The number of carboxylic acids is 2. The molecule has 0 saturated heterocycles. The van der Waals surface area contributed by atoms with E-state index < -0.39 is 60.2 Å². The summed E-state index contributed by atoms with van der Waals surface area (Å²) >= 11 is 4.12. The maximum atomic E-state index is 12.8. The van der Waals surface area contributed by atoms with Gasteiger partial charge in [-0.3, -0.25) is 19.2 Å². The first-order valence-electron chi connectivity index (χ1n) is 11.2. The summed E-state index contributed by atoms with van der Waals surface area (Å²) < 4.78 is 0. The molecule has 1 aromatic carbocycles. The Labute approximate surface area is 209 Å². The first kappa shape index (κ1) is 29.9. The van der Waals surface area contributed by atoms with Gasteiger partial charge in [0.1, 0.15) is 18.1 Å². The van der Waals surface area contributed by atoms with Gasteiger partial charge in [0.25, 0.3) is 0 Å². The van der Waals surface area contributed by atoms with Gasteiger partial charge >= 0.3 is 11.9 Å². The van der Waals surface area contributed by atoms with Crippen LogP contribution in [0.5, 0.6) is 0 Å². The van der Waals surface area contributed by atoms with Crippen LogP contribution in [0.2, 0.25) is 0 Å². The van der Waals surface area contributed by atoms with Crippen molar-refractivity contribution in [1.29, 1.82) is 0 Å². The molecular weight excluding hydrogens is 476 g/mol. The van der Waals surface area contributed by atoms with Crippen LogP contribution in [0.1, 0.15) is 38.7 Å². The number of carbonyl (C=O) groups is 5. The molecule has 7 N–H and O–H groups in total. The van der Waals surface area contributed by atoms with E-state index in [1.807, 2.05) is 44.2 Å². The number of nitrogens with one attached hydrogen (secondary N) is 3. The van der Waals surface area contributed by atoms with Crippen molar-refractivity contribution in [2.45, 2.75) is 63.7 Å². The molecule has 0 aliphatic rings. The van der Waals surface area contributed by atoms with Crippen molar-refractivity contribution in [3.63, 3.8) is 0 Å². The Morgan fingerprint density at radius 2 is 1.43 bits per heavy atom. The van der Waals surface area contributed by atoms with E-state index in [2.05, 4.69) is 28.6 Å². The molecule has 1 aromatic rings. The molecule has 1 rings (SSSR count). The van der Waals surface area contributed by atoms with E-state index in [1.165, 1.54) is 0 Å². The number of hydrogen-bond donors (Lipinski definition) is 7. The van der Waals surface area contributed by atoms with Crippen molar-refractivity contribution >= 4 is 42.3 Å². The first-order valence-corrected chi connectivity index (χ1v) is 11.8. The van der Waals surface area contributed by atoms with Crippen molar-refractivity contribution in [2.24, 2.45) is 11.7 Å². The van der Waals surface area contributed by atoms with Crippen LogP contribution in [0.4, 0.5) is 0 Å². The Balaban J connectivity index is 2.83. The lowest BCUT2D eigenvalue weighted by Gasteiger charge is -2.25. The Morgan fingerprint density at radius 3 is 1.94 bits per heavy atom. The fourth-order valence-corrected chi connectivity index (χ4v) is 3.46. The Hall–Kier alpha value is -3.12. The van der Waals surface area contributed by atoms with Crippen molar-refractivity contribution in [3.8, 4) is 0 Å². The number of carbonyl (C=O) groups excluding carboxylic acids is 3. The average molecular weight is 511 g/mol. The second kappa shape index (κ2) is 15.0. The summed E-state index contributed by atoms with van der Waals surface area (Å²) in [6.07, 6.45) is -0.314. The van der Waals surface area contributed by atoms with Gasteiger partial charge in [-0.2, -0.15) is 12.6 Å². The molecule has 0 aromatic heterocycles. The van der Waals surface area contributed by atoms with E-state index in [1.54, 1.807) is 0 Å². The smallest absolute Gasteiger partial charge is 0.326 e. The van der Waals surface area contributed by atoms with Gasteiger partial charge in [0.15, 0.2) is 0 Å². The van der Waals surface area contributed by atoms with Gasteiger partial charge < -0.3 is 31.9 Å². The molecule has 4 unspecified atom stereocenters. The lowest BCUT2D eigenvalue weighted by atomic mass is 10.0. The normalized spacial score (nSPS) is 14.3. The molecule has 0 heterocycles. The van der Waals surface area contributed by atoms with Crippen LogP contribution in [0.25, 0.3) is 0 Å². The molecule has 12 heteroatoms. The van der Waals surface area contributed by atoms with E-state index in [-0.39, 0.29) is 30.9 Å². The Kier molecular flexibility index (Phi) is 12.8. The molecule has 0 saturated carbocycles. The van der Waals surface area contributed by atoms with E-state index in [0.29, 0.717) is 0 Å². The van der Waals surface area contributed by atoms with Gasteiger partial charge in [0.2, 0.25) is 17.7 Å². The van der Waals surface area contributed by atoms with Crippen LogP contribution >= 0.6 is 12.6 Å². The molecule has 194 valence electrons. The van der Waals surface area contributed by atoms with Gasteiger partial charge in [-0.05, 0) is 30.7 Å². The molecule has 0 radical (unpaired) electrons. The highest BCUT2D eigenvalue weighted by Gasteiger charge is 2.30. The number of amides is 3. The lowest BCUT2D eigenvalue weighted by Crippen LogP contribution is -2.58. The third kappa shape index (κ3) is 11.2. The molecule has 0 fully saturated rings. The van der Waals surface area contributed by atoms with Crippen LogP contribution < -0.4 is 21.7 Å². The Morgan fingerprint density at radius 1 is 0.886 bits per heavy atom. The zero-order chi connectivity index (χ0) is 26.5. The number of benzene rings is 1. The molecule has 0 spiro atoms. The predicted octanol–water partition coefficient (Wildman–Crippen LogP) is -0.0639. The van der Waals surface area contributed by atoms with Gasteiger partial charge in [-0.25, -0.2) is 4.79 Å². The van der Waals surface area contributed by atoms with Crippen molar-refractivity contribution in [2.75, 3.05) is 5.75 Å². The highest BCUT2D eigenvalue weighted by molar-refractivity contribution is 7.80. The lowest BCUT2D eigenvalue weighted by molar-refractivity contribution is -0.143. The van der Waals surface area contributed by atoms with Crippen molar-refractivity contribution < 1.29 is 34.2 Å². The molecule has 35 heavy (non-hydrogen) atoms. The minimum atomic E-state index is -1.43. The SMILES string of the molecule is CC(C)CC(NC(=O)C(CS)NC(=O)C(N)Cc1ccccc1)C(=O)NC(CCC(=O)O)C(=O)O. The number of hydrogen-bond acceptors (Lipinski definition) is 7. The maximum absolute atomic E-state index is 12.8. The first-order chi connectivity index (χ1) is 16.4. The van der Waals surface area contributed by atoms with E-state index in [9.17, 15) is 29.1 Å². The molecular formula is C23H34N4O7S. The van der Waals surface area contributed by atoms with Gasteiger partial charge in [0, 0.05) is 12.2 Å². The second-order valence-corrected chi connectivity index (χ2v) is 8.93. The number of thiol groups is 1. The zero-order valence-corrected chi connectivity index (χ0v) is 20.7. The summed E-state index contributed by atoms with van der Waals surface area (Å²) in [6.45, 7) is 3.62. The quantitative estimate of drug-likeness (QED) is 0.160. The van der Waals surface area contributed by atoms with Crippen molar-refractivity contribution in [1.82, 2.24) is 16.0 Å². The molecule has 0 aliphatic heterocycles. The van der Waals surface area contributed by atoms with Crippen molar-refractivity contribution in [3.05, 3.63) is 35.9 Å². The fraction of sp³-hybridized carbons (Fsp3) is 0.522. The summed E-state index contributed by atoms with van der Waals surface area (Å²) in [5.74, 6) is -4.71. The monoisotopic (exact) mass is 510 g/mol. The average Bonchev–Trinajstić information content (AvgIpc) is 2.79. The number of rotatable bonds is 15. The van der Waals surface area contributed by atoms with Gasteiger partial charge in [-0.15, -0.1) is 0 Å². The molecule has 0 bridgehead atoms. The van der Waals surface area contributed by atoms with Gasteiger partial charge in [0.05, 0.1) is 6.04 Å². The van der Waals surface area contributed by atoms with Crippen LogP contribution in [0.15, 0.2) is 30.3 Å². The third-order valence-corrected chi connectivity index (χ3v) is 5.42. The van der Waals surface area contributed by atoms with Crippen LogP contribution in [-0.4, -0.2) is 69.8 Å². The summed E-state index contributed by atoms with van der Waals surface area (Å²) in [7, 11) is 0. The maximum Gasteiger partial charge on any atom is 0.326 e. The fourth-order valence-electron chi connectivity index (χ4n) is 3.21. The summed E-state index contributed by atoms with van der Waals surface area (Å²) in [6, 6.07) is 4.60. The topological polar surface area (TPSA) is 188 Å². The summed E-state index contributed by atoms with van der Waals surface area (Å²) in [5.41, 5.74) is 6.82. The molecule has 3 amide bonds. The van der Waals surface area contributed by atoms with Crippen LogP contribution in [0.3, 0.4) is 0 Å². The molecule has 11 nitrogen and oxygen atoms in total. The minimum Gasteiger partial charge on any atom is -0.481 e. The highest BCUT2D eigenvalue weighted by Crippen LogP contribution is 2.08. The third-order valence-electron chi connectivity index (χ3n) is 5.05. The summed E-state index contributed by atoms with van der Waals surface area (Å²) in [5, 5.41) is 25.4. The van der Waals surface area contributed by atoms with Gasteiger partial charge in [-0.1, -0.05) is 44.2 Å². The Bertz CT molecular complexity index is 882. The van der Waals surface area contributed by atoms with Crippen LogP contribution in [0, 0.1) is 5.92 Å². The number of carboxylic acid groups (broad SMARTS) is 2.